The highest BCUT2D eigenvalue weighted by molar-refractivity contribution is 5.97. The number of carbonyl (C=O) groups excluding carboxylic acids is 2. The lowest BCUT2D eigenvalue weighted by Crippen LogP contribution is -2.43. The van der Waals surface area contributed by atoms with E-state index in [1.165, 1.54) is 12.4 Å². The summed E-state index contributed by atoms with van der Waals surface area (Å²) < 4.78 is 11.2. The lowest BCUT2D eigenvalue weighted by molar-refractivity contribution is -0.130. The predicted octanol–water partition coefficient (Wildman–Crippen LogP) is 1.64. The Balaban J connectivity index is 2.12. The Labute approximate surface area is 134 Å². The minimum atomic E-state index is -0.853. The van der Waals surface area contributed by atoms with Gasteiger partial charge >= 0.3 is 0 Å². The second-order valence-electron chi connectivity index (χ2n) is 5.56. The molecule has 0 bridgehead atoms. The fourth-order valence-corrected chi connectivity index (χ4v) is 2.54. The van der Waals surface area contributed by atoms with Gasteiger partial charge < -0.3 is 14.8 Å². The molecule has 1 aliphatic rings. The zero-order chi connectivity index (χ0) is 16.8. The SMILES string of the molecule is COc1ccc(C(=O)N[C@@H](C)C(=O)NO)cc1OC1CCCC1. The van der Waals surface area contributed by atoms with E-state index in [0.29, 0.717) is 17.1 Å². The minimum Gasteiger partial charge on any atom is -0.493 e. The molecule has 2 rings (SSSR count). The number of hydroxylamine groups is 1. The molecule has 126 valence electrons. The molecule has 0 heterocycles. The molecular weight excluding hydrogens is 300 g/mol. The third-order valence-electron chi connectivity index (χ3n) is 3.87. The fraction of sp³-hybridized carbons (Fsp3) is 0.500. The summed E-state index contributed by atoms with van der Waals surface area (Å²) in [4.78, 5) is 23.5. The van der Waals surface area contributed by atoms with Crippen molar-refractivity contribution in [3.05, 3.63) is 23.8 Å². The van der Waals surface area contributed by atoms with Crippen LogP contribution in [-0.2, 0) is 4.79 Å². The summed E-state index contributed by atoms with van der Waals surface area (Å²) in [5.74, 6) is -0.0322. The first-order chi connectivity index (χ1) is 11.0. The molecule has 0 spiro atoms. The number of carbonyl (C=O) groups is 2. The number of nitrogens with one attached hydrogen (secondary N) is 2. The van der Waals surface area contributed by atoms with Crippen LogP contribution in [0.15, 0.2) is 18.2 Å². The molecule has 0 unspecified atom stereocenters. The molecule has 1 fully saturated rings. The van der Waals surface area contributed by atoms with Crippen LogP contribution in [0.25, 0.3) is 0 Å². The smallest absolute Gasteiger partial charge is 0.265 e. The van der Waals surface area contributed by atoms with Gasteiger partial charge in [0.2, 0.25) is 0 Å². The summed E-state index contributed by atoms with van der Waals surface area (Å²) in [6.45, 7) is 1.48. The van der Waals surface area contributed by atoms with Crippen molar-refractivity contribution in [3.63, 3.8) is 0 Å². The van der Waals surface area contributed by atoms with E-state index in [-0.39, 0.29) is 6.10 Å². The molecule has 23 heavy (non-hydrogen) atoms. The first kappa shape index (κ1) is 17.1. The standard InChI is InChI=1S/C16H22N2O5/c1-10(15(19)18-21)17-16(20)11-7-8-13(22-2)14(9-11)23-12-5-3-4-6-12/h7-10,12,21H,3-6H2,1-2H3,(H,17,20)(H,18,19)/t10-/m0/s1. The third kappa shape index (κ3) is 4.35. The molecule has 3 N–H and O–H groups in total. The van der Waals surface area contributed by atoms with Crippen LogP contribution in [0.2, 0.25) is 0 Å². The molecular formula is C16H22N2O5. The zero-order valence-electron chi connectivity index (χ0n) is 13.3. The van der Waals surface area contributed by atoms with E-state index in [0.717, 1.165) is 25.7 Å². The van der Waals surface area contributed by atoms with Crippen LogP contribution in [0.4, 0.5) is 0 Å². The molecule has 7 nitrogen and oxygen atoms in total. The zero-order valence-corrected chi connectivity index (χ0v) is 13.3. The Morgan fingerprint density at radius 3 is 2.57 bits per heavy atom. The summed E-state index contributed by atoms with van der Waals surface area (Å²) in [6, 6.07) is 4.01. The van der Waals surface area contributed by atoms with Crippen LogP contribution in [0.1, 0.15) is 43.0 Å². The summed E-state index contributed by atoms with van der Waals surface area (Å²) in [7, 11) is 1.55. The van der Waals surface area contributed by atoms with Crippen molar-refractivity contribution in [3.8, 4) is 11.5 Å². The Bertz CT molecular complexity index is 570. The van der Waals surface area contributed by atoms with Gasteiger partial charge in [-0.05, 0) is 50.8 Å². The maximum atomic E-state index is 12.2. The molecule has 0 aliphatic heterocycles. The van der Waals surface area contributed by atoms with E-state index >= 15 is 0 Å². The molecule has 7 heteroatoms. The molecule has 0 saturated heterocycles. The van der Waals surface area contributed by atoms with Crippen molar-refractivity contribution in [2.45, 2.75) is 44.8 Å². The maximum absolute atomic E-state index is 12.2. The van der Waals surface area contributed by atoms with Gasteiger partial charge in [-0.25, -0.2) is 5.48 Å². The van der Waals surface area contributed by atoms with Gasteiger partial charge in [-0.15, -0.1) is 0 Å². The van der Waals surface area contributed by atoms with Crippen LogP contribution in [-0.4, -0.2) is 36.3 Å². The Morgan fingerprint density at radius 2 is 1.96 bits per heavy atom. The van der Waals surface area contributed by atoms with Crippen LogP contribution < -0.4 is 20.3 Å². The van der Waals surface area contributed by atoms with E-state index in [2.05, 4.69) is 5.32 Å². The van der Waals surface area contributed by atoms with Crippen molar-refractivity contribution in [1.82, 2.24) is 10.8 Å². The highest BCUT2D eigenvalue weighted by atomic mass is 16.5. The number of hydrogen-bond donors (Lipinski definition) is 3. The number of hydrogen-bond acceptors (Lipinski definition) is 5. The molecule has 1 aromatic carbocycles. The number of benzene rings is 1. The monoisotopic (exact) mass is 322 g/mol. The second-order valence-corrected chi connectivity index (χ2v) is 5.56. The maximum Gasteiger partial charge on any atom is 0.265 e. The van der Waals surface area contributed by atoms with Gasteiger partial charge in [0.15, 0.2) is 11.5 Å². The molecule has 1 atom stereocenters. The van der Waals surface area contributed by atoms with E-state index in [4.69, 9.17) is 14.7 Å². The Kier molecular flexibility index (Phi) is 5.81. The molecule has 2 amide bonds. The first-order valence-electron chi connectivity index (χ1n) is 7.64. The number of ether oxygens (including phenoxy) is 2. The molecule has 1 aliphatic carbocycles. The highest BCUT2D eigenvalue weighted by Crippen LogP contribution is 2.32. The predicted molar refractivity (Wildman–Crippen MR) is 82.7 cm³/mol. The summed E-state index contributed by atoms with van der Waals surface area (Å²) in [5.41, 5.74) is 1.86. The lowest BCUT2D eigenvalue weighted by Gasteiger charge is -2.17. The van der Waals surface area contributed by atoms with Crippen molar-refractivity contribution >= 4 is 11.8 Å². The largest absolute Gasteiger partial charge is 0.493 e. The summed E-state index contributed by atoms with van der Waals surface area (Å²) in [5, 5.41) is 11.1. The van der Waals surface area contributed by atoms with E-state index in [9.17, 15) is 9.59 Å². The fourth-order valence-electron chi connectivity index (χ4n) is 2.54. The minimum absolute atomic E-state index is 0.140. The van der Waals surface area contributed by atoms with Crippen molar-refractivity contribution in [2.75, 3.05) is 7.11 Å². The van der Waals surface area contributed by atoms with Gasteiger partial charge in [0, 0.05) is 5.56 Å². The van der Waals surface area contributed by atoms with Crippen LogP contribution in [0.5, 0.6) is 11.5 Å². The average Bonchev–Trinajstić information content (AvgIpc) is 3.06. The van der Waals surface area contributed by atoms with E-state index < -0.39 is 17.9 Å². The van der Waals surface area contributed by atoms with Gasteiger partial charge in [0.25, 0.3) is 11.8 Å². The first-order valence-corrected chi connectivity index (χ1v) is 7.64. The number of amides is 2. The van der Waals surface area contributed by atoms with Crippen LogP contribution >= 0.6 is 0 Å². The van der Waals surface area contributed by atoms with Crippen molar-refractivity contribution < 1.29 is 24.3 Å². The summed E-state index contributed by atoms with van der Waals surface area (Å²) in [6.07, 6.45) is 4.41. The van der Waals surface area contributed by atoms with Crippen molar-refractivity contribution in [1.29, 1.82) is 0 Å². The second kappa shape index (κ2) is 7.82. The quantitative estimate of drug-likeness (QED) is 0.546. The van der Waals surface area contributed by atoms with E-state index in [1.807, 2.05) is 0 Å². The Morgan fingerprint density at radius 1 is 1.26 bits per heavy atom. The van der Waals surface area contributed by atoms with Gasteiger partial charge in [-0.3, -0.25) is 14.8 Å². The average molecular weight is 322 g/mol. The van der Waals surface area contributed by atoms with Gasteiger partial charge in [0.05, 0.1) is 13.2 Å². The van der Waals surface area contributed by atoms with Gasteiger partial charge in [-0.2, -0.15) is 0 Å². The molecule has 1 aromatic rings. The molecule has 0 radical (unpaired) electrons. The number of rotatable bonds is 6. The van der Waals surface area contributed by atoms with Crippen LogP contribution in [0.3, 0.4) is 0 Å². The normalized spacial score (nSPS) is 15.8. The molecule has 1 saturated carbocycles. The third-order valence-corrected chi connectivity index (χ3v) is 3.87. The highest BCUT2D eigenvalue weighted by Gasteiger charge is 2.21. The topological polar surface area (TPSA) is 96.9 Å². The lowest BCUT2D eigenvalue weighted by atomic mass is 10.1. The Hall–Kier alpha value is -2.28. The van der Waals surface area contributed by atoms with Gasteiger partial charge in [0.1, 0.15) is 6.04 Å². The summed E-state index contributed by atoms with van der Waals surface area (Å²) >= 11 is 0. The van der Waals surface area contributed by atoms with Crippen LogP contribution in [0, 0.1) is 0 Å². The van der Waals surface area contributed by atoms with E-state index in [1.54, 1.807) is 25.3 Å². The van der Waals surface area contributed by atoms with Crippen molar-refractivity contribution in [2.24, 2.45) is 0 Å². The number of methoxy groups -OCH3 is 1. The van der Waals surface area contributed by atoms with Gasteiger partial charge in [-0.1, -0.05) is 0 Å². The molecule has 0 aromatic heterocycles.